The number of benzene rings is 3. The lowest BCUT2D eigenvalue weighted by atomic mass is 10.0. The number of fused-ring (bicyclic) bond motifs is 1. The predicted octanol–water partition coefficient (Wildman–Crippen LogP) is 3.89. The zero-order valence-corrected chi connectivity index (χ0v) is 13.4. The molecule has 3 aromatic carbocycles. The van der Waals surface area contributed by atoms with Gasteiger partial charge in [-0.2, -0.15) is 0 Å². The fourth-order valence-electron chi connectivity index (χ4n) is 2.89. The van der Waals surface area contributed by atoms with Gasteiger partial charge in [-0.1, -0.05) is 48.5 Å². The Labute approximate surface area is 144 Å². The largest absolute Gasteiger partial charge is 0.508 e. The van der Waals surface area contributed by atoms with Crippen LogP contribution in [0.2, 0.25) is 0 Å². The molecule has 0 aliphatic heterocycles. The van der Waals surface area contributed by atoms with Gasteiger partial charge in [0.15, 0.2) is 0 Å². The molecule has 0 bridgehead atoms. The van der Waals surface area contributed by atoms with E-state index < -0.39 is 0 Å². The molecule has 0 saturated carbocycles. The fourth-order valence-corrected chi connectivity index (χ4v) is 2.89. The molecule has 4 aromatic rings. The van der Waals surface area contributed by atoms with E-state index >= 15 is 0 Å². The monoisotopic (exact) mass is 328 g/mol. The van der Waals surface area contributed by atoms with Crippen molar-refractivity contribution in [3.05, 3.63) is 94.5 Å². The van der Waals surface area contributed by atoms with Crippen molar-refractivity contribution in [3.8, 4) is 16.9 Å². The lowest BCUT2D eigenvalue weighted by molar-refractivity contribution is 0.475. The molecule has 0 saturated heterocycles. The Bertz CT molecular complexity index is 1080. The van der Waals surface area contributed by atoms with Gasteiger partial charge in [0.1, 0.15) is 11.6 Å². The number of hydrogen-bond acceptors (Lipinski definition) is 3. The lowest BCUT2D eigenvalue weighted by Gasteiger charge is -2.06. The second-order valence-corrected chi connectivity index (χ2v) is 5.95. The normalized spacial score (nSPS) is 10.9. The summed E-state index contributed by atoms with van der Waals surface area (Å²) in [6, 6.07) is 22.6. The number of aromatic nitrogens is 2. The molecule has 0 fully saturated rings. The molecule has 1 aromatic heterocycles. The molecule has 2 N–H and O–H groups in total. The Hall–Kier alpha value is -3.40. The fraction of sp³-hybridized carbons (Fsp3) is 0.0476. The van der Waals surface area contributed by atoms with E-state index in [9.17, 15) is 9.90 Å². The molecule has 0 aliphatic rings. The van der Waals surface area contributed by atoms with Crippen LogP contribution in [0.1, 0.15) is 11.4 Å². The number of phenols is 1. The van der Waals surface area contributed by atoms with Crippen LogP contribution >= 0.6 is 0 Å². The Morgan fingerprint density at radius 3 is 2.40 bits per heavy atom. The first-order chi connectivity index (χ1) is 12.2. The van der Waals surface area contributed by atoms with Crippen LogP contribution in [0, 0.1) is 0 Å². The van der Waals surface area contributed by atoms with E-state index in [1.807, 2.05) is 60.7 Å². The van der Waals surface area contributed by atoms with Crippen LogP contribution in [-0.4, -0.2) is 15.1 Å². The zero-order valence-electron chi connectivity index (χ0n) is 13.4. The SMILES string of the molecule is O=c1[nH]c(Cc2ccc(O)cc2)nc2ccc(-c3ccccc3)cc12. The molecule has 0 unspecified atom stereocenters. The van der Waals surface area contributed by atoms with Crippen molar-refractivity contribution in [1.82, 2.24) is 9.97 Å². The van der Waals surface area contributed by atoms with Gasteiger partial charge in [-0.25, -0.2) is 4.98 Å². The highest BCUT2D eigenvalue weighted by Gasteiger charge is 2.07. The molecule has 1 heterocycles. The van der Waals surface area contributed by atoms with Gasteiger partial charge in [-0.3, -0.25) is 4.79 Å². The summed E-state index contributed by atoms with van der Waals surface area (Å²) >= 11 is 0. The van der Waals surface area contributed by atoms with E-state index in [0.717, 1.165) is 16.7 Å². The summed E-state index contributed by atoms with van der Waals surface area (Å²) in [6.07, 6.45) is 0.506. The van der Waals surface area contributed by atoms with Gasteiger partial charge in [0.25, 0.3) is 5.56 Å². The summed E-state index contributed by atoms with van der Waals surface area (Å²) in [5, 5.41) is 9.93. The van der Waals surface area contributed by atoms with E-state index in [0.29, 0.717) is 23.1 Å². The predicted molar refractivity (Wildman–Crippen MR) is 98.7 cm³/mol. The number of aromatic amines is 1. The Kier molecular flexibility index (Phi) is 3.78. The second-order valence-electron chi connectivity index (χ2n) is 5.95. The van der Waals surface area contributed by atoms with E-state index in [-0.39, 0.29) is 11.3 Å². The maximum Gasteiger partial charge on any atom is 0.258 e. The van der Waals surface area contributed by atoms with Crippen molar-refractivity contribution in [2.24, 2.45) is 0 Å². The Morgan fingerprint density at radius 1 is 0.880 bits per heavy atom. The number of nitrogens with zero attached hydrogens (tertiary/aromatic N) is 1. The van der Waals surface area contributed by atoms with Gasteiger partial charge < -0.3 is 10.1 Å². The summed E-state index contributed by atoms with van der Waals surface area (Å²) < 4.78 is 0. The standard InChI is InChI=1S/C21H16N2O2/c24-17-9-6-14(7-10-17)12-20-22-19-11-8-16(13-18(19)21(25)23-20)15-4-2-1-3-5-15/h1-11,13,24H,12H2,(H,22,23,25). The number of H-pyrrole nitrogens is 1. The summed E-state index contributed by atoms with van der Waals surface area (Å²) in [5.74, 6) is 0.827. The molecular formula is C21H16N2O2. The van der Waals surface area contributed by atoms with Gasteiger partial charge in [0, 0.05) is 6.42 Å². The van der Waals surface area contributed by atoms with E-state index in [4.69, 9.17) is 0 Å². The van der Waals surface area contributed by atoms with E-state index in [2.05, 4.69) is 9.97 Å². The minimum absolute atomic E-state index is 0.142. The van der Waals surface area contributed by atoms with Crippen LogP contribution in [0.25, 0.3) is 22.0 Å². The average molecular weight is 328 g/mol. The number of phenolic OH excluding ortho intramolecular Hbond substituents is 1. The van der Waals surface area contributed by atoms with Crippen LogP contribution in [-0.2, 0) is 6.42 Å². The first-order valence-electron chi connectivity index (χ1n) is 8.05. The molecule has 4 nitrogen and oxygen atoms in total. The van der Waals surface area contributed by atoms with Crippen LogP contribution in [0.3, 0.4) is 0 Å². The topological polar surface area (TPSA) is 66.0 Å². The summed E-state index contributed by atoms with van der Waals surface area (Å²) in [7, 11) is 0. The van der Waals surface area contributed by atoms with Crippen molar-refractivity contribution < 1.29 is 5.11 Å². The number of nitrogens with one attached hydrogen (secondary N) is 1. The number of rotatable bonds is 3. The van der Waals surface area contributed by atoms with Gasteiger partial charge in [-0.05, 0) is 41.0 Å². The lowest BCUT2D eigenvalue weighted by Crippen LogP contribution is -2.12. The van der Waals surface area contributed by atoms with Gasteiger partial charge in [-0.15, -0.1) is 0 Å². The quantitative estimate of drug-likeness (QED) is 0.600. The van der Waals surface area contributed by atoms with Crippen LogP contribution in [0.15, 0.2) is 77.6 Å². The van der Waals surface area contributed by atoms with Crippen molar-refractivity contribution in [3.63, 3.8) is 0 Å². The number of aromatic hydroxyl groups is 1. The molecule has 4 heteroatoms. The van der Waals surface area contributed by atoms with E-state index in [1.165, 1.54) is 0 Å². The van der Waals surface area contributed by atoms with Crippen LogP contribution < -0.4 is 5.56 Å². The molecule has 122 valence electrons. The molecule has 0 spiro atoms. The second kappa shape index (κ2) is 6.24. The van der Waals surface area contributed by atoms with Crippen molar-refractivity contribution in [1.29, 1.82) is 0 Å². The van der Waals surface area contributed by atoms with Gasteiger partial charge >= 0.3 is 0 Å². The Morgan fingerprint density at radius 2 is 1.64 bits per heavy atom. The Balaban J connectivity index is 1.73. The van der Waals surface area contributed by atoms with Crippen LogP contribution in [0.4, 0.5) is 0 Å². The van der Waals surface area contributed by atoms with Crippen molar-refractivity contribution in [2.75, 3.05) is 0 Å². The van der Waals surface area contributed by atoms with Crippen molar-refractivity contribution >= 4 is 10.9 Å². The van der Waals surface area contributed by atoms with E-state index in [1.54, 1.807) is 12.1 Å². The summed E-state index contributed by atoms with van der Waals surface area (Å²) in [6.45, 7) is 0. The van der Waals surface area contributed by atoms with Gasteiger partial charge in [0.2, 0.25) is 0 Å². The maximum atomic E-state index is 12.5. The zero-order chi connectivity index (χ0) is 17.2. The minimum atomic E-state index is -0.142. The third-order valence-electron chi connectivity index (χ3n) is 4.17. The number of hydrogen-bond donors (Lipinski definition) is 2. The van der Waals surface area contributed by atoms with Crippen LogP contribution in [0.5, 0.6) is 5.75 Å². The highest BCUT2D eigenvalue weighted by molar-refractivity contribution is 5.83. The molecule has 0 radical (unpaired) electrons. The minimum Gasteiger partial charge on any atom is -0.508 e. The first kappa shape index (κ1) is 15.1. The smallest absolute Gasteiger partial charge is 0.258 e. The summed E-state index contributed by atoms with van der Waals surface area (Å²) in [5.41, 5.74) is 3.57. The molecule has 4 rings (SSSR count). The molecule has 0 amide bonds. The molecule has 0 aliphatic carbocycles. The highest BCUT2D eigenvalue weighted by atomic mass is 16.3. The third-order valence-corrected chi connectivity index (χ3v) is 4.17. The highest BCUT2D eigenvalue weighted by Crippen LogP contribution is 2.22. The maximum absolute atomic E-state index is 12.5. The average Bonchev–Trinajstić information content (AvgIpc) is 2.64. The molecule has 0 atom stereocenters. The first-order valence-corrected chi connectivity index (χ1v) is 8.05. The van der Waals surface area contributed by atoms with Gasteiger partial charge in [0.05, 0.1) is 10.9 Å². The van der Waals surface area contributed by atoms with Crippen molar-refractivity contribution in [2.45, 2.75) is 6.42 Å². The summed E-state index contributed by atoms with van der Waals surface area (Å²) in [4.78, 5) is 19.9. The molecule has 25 heavy (non-hydrogen) atoms. The molecular weight excluding hydrogens is 312 g/mol. The third kappa shape index (κ3) is 3.15.